The minimum atomic E-state index is 0.765. The van der Waals surface area contributed by atoms with Gasteiger partial charge in [0, 0.05) is 13.1 Å². The van der Waals surface area contributed by atoms with Gasteiger partial charge >= 0.3 is 0 Å². The lowest BCUT2D eigenvalue weighted by Gasteiger charge is -2.24. The van der Waals surface area contributed by atoms with Crippen LogP contribution in [-0.4, -0.2) is 37.6 Å². The van der Waals surface area contributed by atoms with Crippen LogP contribution in [0.25, 0.3) is 0 Å². The van der Waals surface area contributed by atoms with Crippen LogP contribution in [0.4, 0.5) is 0 Å². The van der Waals surface area contributed by atoms with Crippen molar-refractivity contribution in [2.24, 2.45) is 17.8 Å². The zero-order valence-electron chi connectivity index (χ0n) is 11.6. The summed E-state index contributed by atoms with van der Waals surface area (Å²) in [5.41, 5.74) is 0. The van der Waals surface area contributed by atoms with Gasteiger partial charge < -0.3 is 10.2 Å². The Kier molecular flexibility index (Phi) is 6.37. The lowest BCUT2D eigenvalue weighted by atomic mass is 10.1. The molecule has 0 radical (unpaired) electrons. The van der Waals surface area contributed by atoms with Gasteiger partial charge in [0.05, 0.1) is 0 Å². The summed E-state index contributed by atoms with van der Waals surface area (Å²) in [6, 6.07) is 0. The molecule has 1 fully saturated rings. The SMILES string of the molecule is CCN(CC(C)CNCC(C)C)CC1CC1. The molecule has 0 aromatic rings. The minimum absolute atomic E-state index is 0.765. The van der Waals surface area contributed by atoms with Gasteiger partial charge in [0.25, 0.3) is 0 Å². The molecule has 1 saturated carbocycles. The predicted molar refractivity (Wildman–Crippen MR) is 71.7 cm³/mol. The molecule has 1 atom stereocenters. The molecule has 0 spiro atoms. The maximum absolute atomic E-state index is 3.56. The van der Waals surface area contributed by atoms with Gasteiger partial charge in [-0.15, -0.1) is 0 Å². The second kappa shape index (κ2) is 7.29. The molecule has 1 N–H and O–H groups in total. The van der Waals surface area contributed by atoms with Crippen LogP contribution in [-0.2, 0) is 0 Å². The Hall–Kier alpha value is -0.0800. The first-order valence-corrected chi connectivity index (χ1v) is 7.04. The smallest absolute Gasteiger partial charge is 0.00191 e. The van der Waals surface area contributed by atoms with Crippen molar-refractivity contribution < 1.29 is 0 Å². The van der Waals surface area contributed by atoms with Crippen molar-refractivity contribution >= 4 is 0 Å². The normalized spacial score (nSPS) is 18.4. The van der Waals surface area contributed by atoms with Crippen molar-refractivity contribution in [1.29, 1.82) is 0 Å². The highest BCUT2D eigenvalue weighted by Crippen LogP contribution is 2.29. The monoisotopic (exact) mass is 226 g/mol. The molecule has 0 aromatic carbocycles. The average molecular weight is 226 g/mol. The van der Waals surface area contributed by atoms with E-state index in [4.69, 9.17) is 0 Å². The second-order valence-electron chi connectivity index (χ2n) is 5.95. The Morgan fingerprint density at radius 2 is 1.88 bits per heavy atom. The maximum Gasteiger partial charge on any atom is 0.00191 e. The van der Waals surface area contributed by atoms with Crippen molar-refractivity contribution in [3.05, 3.63) is 0 Å². The summed E-state index contributed by atoms with van der Waals surface area (Å²) in [7, 11) is 0. The topological polar surface area (TPSA) is 15.3 Å². The minimum Gasteiger partial charge on any atom is -0.316 e. The van der Waals surface area contributed by atoms with E-state index in [-0.39, 0.29) is 0 Å². The molecule has 16 heavy (non-hydrogen) atoms. The first-order valence-electron chi connectivity index (χ1n) is 7.04. The van der Waals surface area contributed by atoms with Gasteiger partial charge in [-0.2, -0.15) is 0 Å². The van der Waals surface area contributed by atoms with Crippen LogP contribution in [0.3, 0.4) is 0 Å². The Labute approximate surface area is 102 Å². The third-order valence-electron chi connectivity index (χ3n) is 3.28. The van der Waals surface area contributed by atoms with E-state index >= 15 is 0 Å². The summed E-state index contributed by atoms with van der Waals surface area (Å²) in [5.74, 6) is 2.56. The first kappa shape index (κ1) is 14.0. The van der Waals surface area contributed by atoms with Crippen LogP contribution in [0.2, 0.25) is 0 Å². The molecule has 0 heterocycles. The van der Waals surface area contributed by atoms with Gasteiger partial charge in [0.2, 0.25) is 0 Å². The Morgan fingerprint density at radius 3 is 2.38 bits per heavy atom. The number of nitrogens with zero attached hydrogens (tertiary/aromatic N) is 1. The maximum atomic E-state index is 3.56. The molecule has 0 saturated heterocycles. The number of rotatable bonds is 9. The fourth-order valence-corrected chi connectivity index (χ4v) is 2.12. The van der Waals surface area contributed by atoms with Gasteiger partial charge in [-0.25, -0.2) is 0 Å². The lowest BCUT2D eigenvalue weighted by molar-refractivity contribution is 0.236. The highest BCUT2D eigenvalue weighted by Gasteiger charge is 2.24. The fraction of sp³-hybridized carbons (Fsp3) is 1.00. The highest BCUT2D eigenvalue weighted by molar-refractivity contribution is 4.77. The number of hydrogen-bond donors (Lipinski definition) is 1. The zero-order valence-corrected chi connectivity index (χ0v) is 11.6. The molecule has 1 rings (SSSR count). The summed E-state index contributed by atoms with van der Waals surface area (Å²) >= 11 is 0. The van der Waals surface area contributed by atoms with Gasteiger partial charge in [0.15, 0.2) is 0 Å². The van der Waals surface area contributed by atoms with E-state index in [0.717, 1.165) is 24.3 Å². The zero-order chi connectivity index (χ0) is 12.0. The Balaban J connectivity index is 2.07. The van der Waals surface area contributed by atoms with E-state index in [1.54, 1.807) is 0 Å². The van der Waals surface area contributed by atoms with E-state index in [0.29, 0.717) is 0 Å². The molecule has 0 aliphatic heterocycles. The van der Waals surface area contributed by atoms with Crippen LogP contribution < -0.4 is 5.32 Å². The third-order valence-corrected chi connectivity index (χ3v) is 3.28. The Morgan fingerprint density at radius 1 is 1.19 bits per heavy atom. The molecule has 2 heteroatoms. The van der Waals surface area contributed by atoms with Crippen molar-refractivity contribution in [3.8, 4) is 0 Å². The van der Waals surface area contributed by atoms with Gasteiger partial charge in [-0.3, -0.25) is 0 Å². The summed E-state index contributed by atoms with van der Waals surface area (Å²) in [6.45, 7) is 15.3. The molecule has 0 bridgehead atoms. The molecule has 0 aromatic heterocycles. The average Bonchev–Trinajstić information content (AvgIpc) is 3.00. The summed E-state index contributed by atoms with van der Waals surface area (Å²) in [6.07, 6.45) is 2.94. The van der Waals surface area contributed by atoms with E-state index in [1.165, 1.54) is 39.0 Å². The van der Waals surface area contributed by atoms with Crippen LogP contribution in [0.1, 0.15) is 40.5 Å². The van der Waals surface area contributed by atoms with Crippen LogP contribution >= 0.6 is 0 Å². The number of nitrogens with one attached hydrogen (secondary N) is 1. The van der Waals surface area contributed by atoms with Crippen LogP contribution in [0.15, 0.2) is 0 Å². The van der Waals surface area contributed by atoms with Gasteiger partial charge in [-0.1, -0.05) is 27.7 Å². The van der Waals surface area contributed by atoms with Gasteiger partial charge in [-0.05, 0) is 50.2 Å². The predicted octanol–water partition coefficient (Wildman–Crippen LogP) is 2.60. The molecule has 0 amide bonds. The largest absolute Gasteiger partial charge is 0.316 e. The molecule has 1 unspecified atom stereocenters. The molecule has 1 aliphatic carbocycles. The lowest BCUT2D eigenvalue weighted by Crippen LogP contribution is -2.35. The van der Waals surface area contributed by atoms with Crippen LogP contribution in [0, 0.1) is 17.8 Å². The van der Waals surface area contributed by atoms with E-state index in [9.17, 15) is 0 Å². The van der Waals surface area contributed by atoms with Crippen molar-refractivity contribution in [2.75, 3.05) is 32.7 Å². The number of hydrogen-bond acceptors (Lipinski definition) is 2. The Bertz CT molecular complexity index is 176. The standard InChI is InChI=1S/C14H30N2/c1-5-16(11-14-6-7-14)10-13(4)9-15-8-12(2)3/h12-15H,5-11H2,1-4H3. The van der Waals surface area contributed by atoms with Crippen LogP contribution in [0.5, 0.6) is 0 Å². The van der Waals surface area contributed by atoms with Crippen molar-refractivity contribution in [3.63, 3.8) is 0 Å². The van der Waals surface area contributed by atoms with E-state index < -0.39 is 0 Å². The molecular weight excluding hydrogens is 196 g/mol. The van der Waals surface area contributed by atoms with Gasteiger partial charge in [0.1, 0.15) is 0 Å². The van der Waals surface area contributed by atoms with Crippen molar-refractivity contribution in [2.45, 2.75) is 40.5 Å². The summed E-state index contributed by atoms with van der Waals surface area (Å²) < 4.78 is 0. The van der Waals surface area contributed by atoms with Crippen molar-refractivity contribution in [1.82, 2.24) is 10.2 Å². The van der Waals surface area contributed by atoms with E-state index in [2.05, 4.69) is 37.9 Å². The summed E-state index contributed by atoms with van der Waals surface area (Å²) in [5, 5.41) is 3.56. The van der Waals surface area contributed by atoms with E-state index in [1.807, 2.05) is 0 Å². The fourth-order valence-electron chi connectivity index (χ4n) is 2.12. The third kappa shape index (κ3) is 6.49. The first-order chi connectivity index (χ1) is 7.61. The molecule has 1 aliphatic rings. The quantitative estimate of drug-likeness (QED) is 0.650. The molecular formula is C14H30N2. The highest BCUT2D eigenvalue weighted by atomic mass is 15.1. The second-order valence-corrected chi connectivity index (χ2v) is 5.95. The molecule has 96 valence electrons. The summed E-state index contributed by atoms with van der Waals surface area (Å²) in [4.78, 5) is 2.62. The molecule has 2 nitrogen and oxygen atoms in total.